The highest BCUT2D eigenvalue weighted by Gasteiger charge is 2.20. The largest absolute Gasteiger partial charge is 0.336 e. The van der Waals surface area contributed by atoms with Gasteiger partial charge in [-0.2, -0.15) is 0 Å². The third-order valence-corrected chi connectivity index (χ3v) is 3.12. The van der Waals surface area contributed by atoms with E-state index in [0.717, 1.165) is 19.5 Å². The van der Waals surface area contributed by atoms with Gasteiger partial charge >= 0.3 is 0 Å². The maximum absolute atomic E-state index is 12.3. The van der Waals surface area contributed by atoms with Gasteiger partial charge in [-0.1, -0.05) is 6.92 Å². The van der Waals surface area contributed by atoms with Crippen LogP contribution in [-0.2, 0) is 6.54 Å². The van der Waals surface area contributed by atoms with E-state index >= 15 is 0 Å². The van der Waals surface area contributed by atoms with Crippen LogP contribution in [-0.4, -0.2) is 41.6 Å². The van der Waals surface area contributed by atoms with Crippen LogP contribution in [0.3, 0.4) is 0 Å². The number of piperazine rings is 1. The van der Waals surface area contributed by atoms with Crippen LogP contribution in [0.1, 0.15) is 23.7 Å². The summed E-state index contributed by atoms with van der Waals surface area (Å²) in [6.45, 7) is 5.59. The molecule has 1 aliphatic rings. The summed E-state index contributed by atoms with van der Waals surface area (Å²) in [5.41, 5.74) is 0.107. The maximum atomic E-state index is 12.3. The van der Waals surface area contributed by atoms with Gasteiger partial charge in [-0.25, -0.2) is 0 Å². The van der Waals surface area contributed by atoms with Crippen molar-refractivity contribution >= 4 is 5.91 Å². The number of carbonyl (C=O) groups excluding carboxylic acids is 1. The van der Waals surface area contributed by atoms with Crippen molar-refractivity contribution in [3.05, 3.63) is 34.2 Å². The summed E-state index contributed by atoms with van der Waals surface area (Å²) in [4.78, 5) is 26.1. The number of nitrogens with zero attached hydrogens (tertiary/aromatic N) is 2. The molecule has 0 saturated carbocycles. The molecule has 0 radical (unpaired) electrons. The fourth-order valence-electron chi connectivity index (χ4n) is 2.15. The highest BCUT2D eigenvalue weighted by molar-refractivity contribution is 5.93. The van der Waals surface area contributed by atoms with E-state index in [1.165, 1.54) is 0 Å². The zero-order chi connectivity index (χ0) is 13.0. The van der Waals surface area contributed by atoms with Crippen molar-refractivity contribution in [2.24, 2.45) is 0 Å². The molecule has 0 unspecified atom stereocenters. The molecular formula is C13H19N3O2. The molecule has 5 heteroatoms. The minimum Gasteiger partial charge on any atom is -0.336 e. The number of rotatable bonds is 3. The highest BCUT2D eigenvalue weighted by Crippen LogP contribution is 2.02. The van der Waals surface area contributed by atoms with E-state index in [9.17, 15) is 9.59 Å². The van der Waals surface area contributed by atoms with Gasteiger partial charge in [-0.3, -0.25) is 9.59 Å². The maximum Gasteiger partial charge on any atom is 0.263 e. The lowest BCUT2D eigenvalue weighted by atomic mass is 10.2. The third-order valence-electron chi connectivity index (χ3n) is 3.12. The van der Waals surface area contributed by atoms with Crippen LogP contribution in [0.2, 0.25) is 0 Å². The minimum atomic E-state index is -0.178. The Hall–Kier alpha value is -1.62. The van der Waals surface area contributed by atoms with Crippen molar-refractivity contribution in [3.63, 3.8) is 0 Å². The molecule has 1 saturated heterocycles. The molecule has 2 rings (SSSR count). The first-order chi connectivity index (χ1) is 8.74. The van der Waals surface area contributed by atoms with E-state index in [4.69, 9.17) is 0 Å². The molecule has 0 aromatic carbocycles. The number of aryl methyl sites for hydroxylation is 1. The lowest BCUT2D eigenvalue weighted by Crippen LogP contribution is -2.47. The number of pyridine rings is 1. The molecule has 1 aromatic heterocycles. The summed E-state index contributed by atoms with van der Waals surface area (Å²) in [5, 5.41) is 3.19. The van der Waals surface area contributed by atoms with E-state index in [0.29, 0.717) is 19.6 Å². The summed E-state index contributed by atoms with van der Waals surface area (Å²) in [7, 11) is 0. The van der Waals surface area contributed by atoms with Crippen molar-refractivity contribution in [1.82, 2.24) is 14.8 Å². The summed E-state index contributed by atoms with van der Waals surface area (Å²) < 4.78 is 1.61. The number of hydrogen-bond donors (Lipinski definition) is 1. The Labute approximate surface area is 106 Å². The van der Waals surface area contributed by atoms with Gasteiger partial charge in [-0.15, -0.1) is 0 Å². The van der Waals surface area contributed by atoms with Gasteiger partial charge in [0.25, 0.3) is 11.5 Å². The van der Waals surface area contributed by atoms with Crippen molar-refractivity contribution in [2.45, 2.75) is 19.9 Å². The van der Waals surface area contributed by atoms with Gasteiger partial charge in [-0.05, 0) is 18.6 Å². The lowest BCUT2D eigenvalue weighted by Gasteiger charge is -2.27. The zero-order valence-corrected chi connectivity index (χ0v) is 10.7. The van der Waals surface area contributed by atoms with Crippen LogP contribution in [0.15, 0.2) is 23.1 Å². The van der Waals surface area contributed by atoms with Crippen LogP contribution < -0.4 is 10.9 Å². The molecule has 0 aliphatic carbocycles. The van der Waals surface area contributed by atoms with Gasteiger partial charge in [0.15, 0.2) is 0 Å². The summed E-state index contributed by atoms with van der Waals surface area (Å²) in [6, 6.07) is 3.39. The van der Waals surface area contributed by atoms with E-state index in [2.05, 4.69) is 5.32 Å². The van der Waals surface area contributed by atoms with Gasteiger partial charge in [0, 0.05) is 38.9 Å². The van der Waals surface area contributed by atoms with Crippen molar-refractivity contribution in [3.8, 4) is 0 Å². The van der Waals surface area contributed by atoms with Gasteiger partial charge in [0.2, 0.25) is 0 Å². The number of amides is 1. The first-order valence-electron chi connectivity index (χ1n) is 6.43. The van der Waals surface area contributed by atoms with E-state index in [-0.39, 0.29) is 17.0 Å². The lowest BCUT2D eigenvalue weighted by molar-refractivity contribution is 0.0733. The number of hydrogen-bond acceptors (Lipinski definition) is 3. The second kappa shape index (κ2) is 5.82. The molecule has 18 heavy (non-hydrogen) atoms. The molecule has 1 aromatic rings. The van der Waals surface area contributed by atoms with Crippen LogP contribution in [0.4, 0.5) is 0 Å². The predicted molar refractivity (Wildman–Crippen MR) is 69.8 cm³/mol. The SMILES string of the molecule is CCCn1cccc(C(=O)N2CCNCC2)c1=O. The van der Waals surface area contributed by atoms with Crippen molar-refractivity contribution < 1.29 is 4.79 Å². The van der Waals surface area contributed by atoms with Gasteiger partial charge in [0.1, 0.15) is 5.56 Å². The van der Waals surface area contributed by atoms with Crippen molar-refractivity contribution in [1.29, 1.82) is 0 Å². The third kappa shape index (κ3) is 2.61. The van der Waals surface area contributed by atoms with Gasteiger partial charge in [0.05, 0.1) is 0 Å². The monoisotopic (exact) mass is 249 g/mol. The molecule has 0 spiro atoms. The molecule has 0 bridgehead atoms. The molecule has 5 nitrogen and oxygen atoms in total. The standard InChI is InChI=1S/C13H19N3O2/c1-2-7-15-8-3-4-11(12(15)17)13(18)16-9-5-14-6-10-16/h3-4,8,14H,2,5-7,9-10H2,1H3. The van der Waals surface area contributed by atoms with E-state index in [1.54, 1.807) is 27.8 Å². The summed E-state index contributed by atoms with van der Waals surface area (Å²) in [5.74, 6) is -0.146. The summed E-state index contributed by atoms with van der Waals surface area (Å²) >= 11 is 0. The molecule has 1 aliphatic heterocycles. The Morgan fingerprint density at radius 2 is 2.11 bits per heavy atom. The molecule has 98 valence electrons. The predicted octanol–water partition coefficient (Wildman–Crippen LogP) is 0.304. The van der Waals surface area contributed by atoms with Crippen LogP contribution >= 0.6 is 0 Å². The Bertz CT molecular complexity index is 475. The Kier molecular flexibility index (Phi) is 4.15. The van der Waals surface area contributed by atoms with E-state index in [1.807, 2.05) is 6.92 Å². The van der Waals surface area contributed by atoms with Crippen LogP contribution in [0.5, 0.6) is 0 Å². The topological polar surface area (TPSA) is 54.3 Å². The number of nitrogens with one attached hydrogen (secondary N) is 1. The minimum absolute atomic E-state index is 0.146. The molecular weight excluding hydrogens is 230 g/mol. The quantitative estimate of drug-likeness (QED) is 0.838. The molecule has 0 atom stereocenters. The second-order valence-electron chi connectivity index (χ2n) is 4.46. The van der Waals surface area contributed by atoms with Crippen molar-refractivity contribution in [2.75, 3.05) is 26.2 Å². The highest BCUT2D eigenvalue weighted by atomic mass is 16.2. The average molecular weight is 249 g/mol. The zero-order valence-electron chi connectivity index (χ0n) is 10.7. The molecule has 2 heterocycles. The molecule has 1 N–H and O–H groups in total. The first-order valence-corrected chi connectivity index (χ1v) is 6.43. The Balaban J connectivity index is 2.24. The summed E-state index contributed by atoms with van der Waals surface area (Å²) in [6.07, 6.45) is 2.62. The van der Waals surface area contributed by atoms with Gasteiger partial charge < -0.3 is 14.8 Å². The fraction of sp³-hybridized carbons (Fsp3) is 0.538. The Morgan fingerprint density at radius 1 is 1.39 bits per heavy atom. The molecule has 1 fully saturated rings. The first kappa shape index (κ1) is 12.8. The fourth-order valence-corrected chi connectivity index (χ4v) is 2.15. The normalized spacial score (nSPS) is 15.7. The smallest absolute Gasteiger partial charge is 0.263 e. The Morgan fingerprint density at radius 3 is 2.78 bits per heavy atom. The van der Waals surface area contributed by atoms with Crippen LogP contribution in [0, 0.1) is 0 Å². The second-order valence-corrected chi connectivity index (χ2v) is 4.46. The average Bonchev–Trinajstić information content (AvgIpc) is 2.42. The molecule has 1 amide bonds. The van der Waals surface area contributed by atoms with E-state index < -0.39 is 0 Å². The van der Waals surface area contributed by atoms with Crippen LogP contribution in [0.25, 0.3) is 0 Å². The number of carbonyl (C=O) groups is 1. The number of aromatic nitrogens is 1.